The lowest BCUT2D eigenvalue weighted by Crippen LogP contribution is -2.36. The van der Waals surface area contributed by atoms with Crippen LogP contribution in [0.5, 0.6) is 0 Å². The fraction of sp³-hybridized carbons (Fsp3) is 0.909. The molecule has 0 aromatic carbocycles. The molecule has 3 aliphatic heterocycles. The van der Waals surface area contributed by atoms with Crippen LogP contribution in [-0.4, -0.2) is 95.0 Å². The van der Waals surface area contributed by atoms with E-state index in [0.717, 1.165) is 26.1 Å². The molecule has 3 fully saturated rings. The maximum atomic E-state index is 11.7. The number of aliphatic hydroxyl groups is 2. The monoisotopic (exact) mass is 444 g/mol. The molecule has 2 amide bonds. The molecule has 31 heavy (non-hydrogen) atoms. The lowest BCUT2D eigenvalue weighted by Gasteiger charge is -2.24. The van der Waals surface area contributed by atoms with Crippen LogP contribution < -0.4 is 0 Å². The topological polar surface area (TPSA) is 112 Å². The van der Waals surface area contributed by atoms with Crippen molar-refractivity contribution in [3.63, 3.8) is 0 Å². The van der Waals surface area contributed by atoms with E-state index in [1.165, 1.54) is 0 Å². The van der Waals surface area contributed by atoms with Crippen molar-refractivity contribution >= 4 is 12.2 Å². The van der Waals surface area contributed by atoms with Gasteiger partial charge in [0.05, 0.1) is 25.4 Å². The van der Waals surface area contributed by atoms with Crippen LogP contribution in [0.2, 0.25) is 0 Å². The molecule has 0 saturated carbocycles. The van der Waals surface area contributed by atoms with Crippen LogP contribution in [0.1, 0.15) is 54.4 Å². The Kier molecular flexibility index (Phi) is 8.58. The first kappa shape index (κ1) is 25.7. The number of epoxide rings is 1. The Morgan fingerprint density at radius 3 is 1.90 bits per heavy atom. The Labute approximate surface area is 185 Å². The van der Waals surface area contributed by atoms with Crippen LogP contribution in [0.4, 0.5) is 9.59 Å². The second-order valence-electron chi connectivity index (χ2n) is 10.6. The molecule has 4 atom stereocenters. The van der Waals surface area contributed by atoms with E-state index in [2.05, 4.69) is 0 Å². The average molecular weight is 445 g/mol. The Balaban J connectivity index is 0.000000220. The van der Waals surface area contributed by atoms with E-state index < -0.39 is 17.3 Å². The third-order valence-corrected chi connectivity index (χ3v) is 5.37. The highest BCUT2D eigenvalue weighted by molar-refractivity contribution is 5.68. The summed E-state index contributed by atoms with van der Waals surface area (Å²) >= 11 is 0. The summed E-state index contributed by atoms with van der Waals surface area (Å²) in [6.07, 6.45) is 0.876. The maximum absolute atomic E-state index is 11.7. The number of ether oxygens (including phenoxy) is 3. The number of amides is 2. The van der Waals surface area contributed by atoms with Crippen LogP contribution in [0.25, 0.3) is 0 Å². The summed E-state index contributed by atoms with van der Waals surface area (Å²) in [6, 6.07) is 0. The van der Waals surface area contributed by atoms with Crippen molar-refractivity contribution in [2.75, 3.05) is 39.4 Å². The van der Waals surface area contributed by atoms with E-state index in [1.54, 1.807) is 9.80 Å². The number of hydrogen-bond acceptors (Lipinski definition) is 7. The van der Waals surface area contributed by atoms with E-state index in [0.29, 0.717) is 31.5 Å². The van der Waals surface area contributed by atoms with Crippen molar-refractivity contribution in [2.45, 2.75) is 77.8 Å². The molecule has 3 heterocycles. The highest BCUT2D eigenvalue weighted by atomic mass is 16.6. The summed E-state index contributed by atoms with van der Waals surface area (Å²) < 4.78 is 15.8. The lowest BCUT2D eigenvalue weighted by atomic mass is 10.0. The van der Waals surface area contributed by atoms with E-state index in [1.807, 2.05) is 41.5 Å². The Morgan fingerprint density at radius 1 is 0.968 bits per heavy atom. The fourth-order valence-corrected chi connectivity index (χ4v) is 3.65. The minimum Gasteiger partial charge on any atom is -0.444 e. The predicted octanol–water partition coefficient (Wildman–Crippen LogP) is 2.24. The summed E-state index contributed by atoms with van der Waals surface area (Å²) in [5.74, 6) is 0.482. The average Bonchev–Trinajstić information content (AvgIpc) is 3.17. The van der Waals surface area contributed by atoms with Gasteiger partial charge in [0.25, 0.3) is 0 Å². The van der Waals surface area contributed by atoms with Crippen LogP contribution in [-0.2, 0) is 14.2 Å². The molecule has 3 saturated heterocycles. The summed E-state index contributed by atoms with van der Waals surface area (Å²) in [4.78, 5) is 26.8. The molecule has 3 rings (SSSR count). The number of carbonyl (C=O) groups is 2. The van der Waals surface area contributed by atoms with Crippen molar-refractivity contribution in [1.29, 1.82) is 0 Å². The van der Waals surface area contributed by atoms with Gasteiger partial charge in [-0.1, -0.05) is 0 Å². The number of likely N-dealkylation sites (tertiary alicyclic amines) is 2. The van der Waals surface area contributed by atoms with E-state index in [4.69, 9.17) is 19.3 Å². The van der Waals surface area contributed by atoms with Gasteiger partial charge in [0.1, 0.15) is 11.2 Å². The molecule has 0 bridgehead atoms. The summed E-state index contributed by atoms with van der Waals surface area (Å²) in [7, 11) is 0. The summed E-state index contributed by atoms with van der Waals surface area (Å²) in [5.41, 5.74) is -0.893. The van der Waals surface area contributed by atoms with Gasteiger partial charge in [-0.25, -0.2) is 9.59 Å². The van der Waals surface area contributed by atoms with Crippen LogP contribution in [0.3, 0.4) is 0 Å². The van der Waals surface area contributed by atoms with Gasteiger partial charge in [-0.05, 0) is 54.4 Å². The minimum atomic E-state index is -0.743. The third-order valence-electron chi connectivity index (χ3n) is 5.37. The fourth-order valence-electron chi connectivity index (χ4n) is 3.65. The molecular formula is C22H40N2O7. The molecular weight excluding hydrogens is 404 g/mol. The van der Waals surface area contributed by atoms with Crippen LogP contribution in [0.15, 0.2) is 0 Å². The predicted molar refractivity (Wildman–Crippen MR) is 115 cm³/mol. The van der Waals surface area contributed by atoms with Crippen LogP contribution in [0, 0.1) is 11.8 Å². The van der Waals surface area contributed by atoms with E-state index in [9.17, 15) is 14.7 Å². The molecule has 3 aliphatic rings. The zero-order chi connectivity index (χ0) is 23.4. The Hall–Kier alpha value is -1.58. The molecule has 0 aliphatic carbocycles. The molecule has 0 aromatic heterocycles. The molecule has 0 radical (unpaired) electrons. The molecule has 180 valence electrons. The van der Waals surface area contributed by atoms with Gasteiger partial charge in [-0.3, -0.25) is 0 Å². The van der Waals surface area contributed by atoms with Crippen molar-refractivity contribution in [3.8, 4) is 0 Å². The van der Waals surface area contributed by atoms with Crippen molar-refractivity contribution in [3.05, 3.63) is 0 Å². The number of carbonyl (C=O) groups excluding carboxylic acids is 2. The quantitative estimate of drug-likeness (QED) is 0.642. The first-order valence-corrected chi connectivity index (χ1v) is 11.2. The highest BCUT2D eigenvalue weighted by Gasteiger charge is 2.39. The largest absolute Gasteiger partial charge is 0.444 e. The van der Waals surface area contributed by atoms with Gasteiger partial charge >= 0.3 is 12.2 Å². The molecule has 0 unspecified atom stereocenters. The van der Waals surface area contributed by atoms with E-state index in [-0.39, 0.29) is 24.7 Å². The Morgan fingerprint density at radius 2 is 1.45 bits per heavy atom. The van der Waals surface area contributed by atoms with Crippen molar-refractivity contribution in [1.82, 2.24) is 9.80 Å². The van der Waals surface area contributed by atoms with Gasteiger partial charge in [-0.2, -0.15) is 0 Å². The SMILES string of the molecule is CC(C)(C)OC(=O)N1CC[C@H]([C@H](O)CO)C1.CC(C)(C)OC(=O)N1CC[C@H]([C@H]2CO2)C1. The molecule has 9 nitrogen and oxygen atoms in total. The van der Waals surface area contributed by atoms with Gasteiger partial charge in [0, 0.05) is 38.0 Å². The Bertz CT molecular complexity index is 610. The zero-order valence-electron chi connectivity index (χ0n) is 19.8. The molecule has 0 aromatic rings. The normalized spacial score (nSPS) is 26.8. The third kappa shape index (κ3) is 8.82. The maximum Gasteiger partial charge on any atom is 0.410 e. The first-order chi connectivity index (χ1) is 14.3. The lowest BCUT2D eigenvalue weighted by molar-refractivity contribution is 0.0228. The smallest absolute Gasteiger partial charge is 0.410 e. The number of nitrogens with zero attached hydrogens (tertiary/aromatic N) is 2. The van der Waals surface area contributed by atoms with Gasteiger partial charge in [-0.15, -0.1) is 0 Å². The van der Waals surface area contributed by atoms with Crippen molar-refractivity contribution in [2.24, 2.45) is 11.8 Å². The van der Waals surface area contributed by atoms with Crippen molar-refractivity contribution < 1.29 is 34.0 Å². The molecule has 9 heteroatoms. The first-order valence-electron chi connectivity index (χ1n) is 11.2. The standard InChI is InChI=1S/C11H21NO4.C11H19NO3/c1-11(2,3)16-10(15)12-5-4-8(6-12)9(14)7-13;1-11(2,3)15-10(13)12-5-4-8(6-12)9-7-14-9/h8-9,13-14H,4-7H2,1-3H3;8-9H,4-7H2,1-3H3/t2*8-,9+/m00/s1. The van der Waals surface area contributed by atoms with Gasteiger partial charge in [0.2, 0.25) is 0 Å². The van der Waals surface area contributed by atoms with Gasteiger partial charge < -0.3 is 34.2 Å². The molecule has 0 spiro atoms. The minimum absolute atomic E-state index is 0.0440. The van der Waals surface area contributed by atoms with Gasteiger partial charge in [0.15, 0.2) is 0 Å². The number of rotatable bonds is 3. The molecule has 2 N–H and O–H groups in total. The van der Waals surface area contributed by atoms with Crippen LogP contribution >= 0.6 is 0 Å². The second kappa shape index (κ2) is 10.4. The summed E-state index contributed by atoms with van der Waals surface area (Å²) in [6.45, 7) is 14.4. The zero-order valence-corrected chi connectivity index (χ0v) is 19.8. The van der Waals surface area contributed by atoms with E-state index >= 15 is 0 Å². The second-order valence-corrected chi connectivity index (χ2v) is 10.6. The summed E-state index contributed by atoms with van der Waals surface area (Å²) in [5, 5.41) is 18.3. The number of hydrogen-bond donors (Lipinski definition) is 2. The number of aliphatic hydroxyl groups excluding tert-OH is 2. The highest BCUT2D eigenvalue weighted by Crippen LogP contribution is 2.29.